The Labute approximate surface area is 126 Å². The summed E-state index contributed by atoms with van der Waals surface area (Å²) in [6, 6.07) is 10.0. The summed E-state index contributed by atoms with van der Waals surface area (Å²) in [5.41, 5.74) is 1.92. The minimum Gasteiger partial charge on any atom is -0.454 e. The number of ether oxygens (including phenoxy) is 2. The highest BCUT2D eigenvalue weighted by atomic mass is 19.1. The number of benzene rings is 2. The lowest BCUT2D eigenvalue weighted by Crippen LogP contribution is -2.39. The van der Waals surface area contributed by atoms with Crippen molar-refractivity contribution in [2.45, 2.75) is 6.54 Å². The van der Waals surface area contributed by atoms with Gasteiger partial charge in [-0.25, -0.2) is 4.39 Å². The van der Waals surface area contributed by atoms with Crippen LogP contribution in [0.4, 0.5) is 15.8 Å². The molecule has 0 bridgehead atoms. The molecule has 0 fully saturated rings. The van der Waals surface area contributed by atoms with E-state index in [1.54, 1.807) is 35.2 Å². The van der Waals surface area contributed by atoms with Gasteiger partial charge in [0.05, 0.1) is 24.5 Å². The molecule has 5 nitrogen and oxygen atoms in total. The van der Waals surface area contributed by atoms with Crippen LogP contribution in [0.3, 0.4) is 0 Å². The smallest absolute Gasteiger partial charge is 0.246 e. The second kappa shape index (κ2) is 4.91. The predicted molar refractivity (Wildman–Crippen MR) is 78.6 cm³/mol. The zero-order valence-electron chi connectivity index (χ0n) is 11.6. The second-order valence-corrected chi connectivity index (χ2v) is 5.15. The first-order valence-corrected chi connectivity index (χ1v) is 6.93. The monoisotopic (exact) mass is 300 g/mol. The van der Waals surface area contributed by atoms with Crippen molar-refractivity contribution in [3.8, 4) is 11.5 Å². The zero-order chi connectivity index (χ0) is 15.1. The van der Waals surface area contributed by atoms with Gasteiger partial charge < -0.3 is 19.7 Å². The quantitative estimate of drug-likeness (QED) is 0.926. The summed E-state index contributed by atoms with van der Waals surface area (Å²) in [6.07, 6.45) is 0. The van der Waals surface area contributed by atoms with Crippen molar-refractivity contribution in [1.29, 1.82) is 0 Å². The first-order chi connectivity index (χ1) is 10.7. The van der Waals surface area contributed by atoms with Crippen LogP contribution in [0.15, 0.2) is 36.4 Å². The molecule has 0 unspecified atom stereocenters. The van der Waals surface area contributed by atoms with Gasteiger partial charge in [0.15, 0.2) is 11.5 Å². The molecule has 2 aromatic carbocycles. The van der Waals surface area contributed by atoms with Crippen molar-refractivity contribution in [3.63, 3.8) is 0 Å². The largest absolute Gasteiger partial charge is 0.454 e. The van der Waals surface area contributed by atoms with Crippen molar-refractivity contribution in [2.24, 2.45) is 0 Å². The van der Waals surface area contributed by atoms with E-state index in [4.69, 9.17) is 9.47 Å². The molecule has 0 atom stereocenters. The second-order valence-electron chi connectivity index (χ2n) is 5.15. The van der Waals surface area contributed by atoms with Crippen LogP contribution in [0.2, 0.25) is 0 Å². The van der Waals surface area contributed by atoms with Gasteiger partial charge in [0.1, 0.15) is 5.82 Å². The summed E-state index contributed by atoms with van der Waals surface area (Å²) in [7, 11) is 0. The van der Waals surface area contributed by atoms with E-state index in [0.29, 0.717) is 22.7 Å². The minimum atomic E-state index is -0.323. The number of hydrogen-bond donors (Lipinski definition) is 1. The van der Waals surface area contributed by atoms with Gasteiger partial charge in [-0.15, -0.1) is 0 Å². The molecule has 1 N–H and O–H groups in total. The van der Waals surface area contributed by atoms with Gasteiger partial charge in [-0.2, -0.15) is 0 Å². The number of fused-ring (bicyclic) bond motifs is 2. The van der Waals surface area contributed by atoms with Crippen LogP contribution in [0.25, 0.3) is 0 Å². The first kappa shape index (κ1) is 12.9. The van der Waals surface area contributed by atoms with Gasteiger partial charge in [0, 0.05) is 17.7 Å². The standard InChI is InChI=1S/C16H13FN2O3/c17-11-4-2-1-3-10(11)8-19-13-6-15-14(21-9-22-15)5-12(13)18-7-16(19)20/h1-6,18H,7-9H2. The number of rotatable bonds is 2. The van der Waals surface area contributed by atoms with Crippen LogP contribution in [0, 0.1) is 5.82 Å². The summed E-state index contributed by atoms with van der Waals surface area (Å²) in [5.74, 6) is 0.797. The molecule has 0 saturated carbocycles. The summed E-state index contributed by atoms with van der Waals surface area (Å²) in [4.78, 5) is 13.8. The summed E-state index contributed by atoms with van der Waals surface area (Å²) in [5, 5.41) is 3.05. The number of anilines is 2. The van der Waals surface area contributed by atoms with Crippen LogP contribution < -0.4 is 19.7 Å². The maximum atomic E-state index is 13.9. The zero-order valence-corrected chi connectivity index (χ0v) is 11.6. The fraction of sp³-hybridized carbons (Fsp3) is 0.188. The van der Waals surface area contributed by atoms with Crippen molar-refractivity contribution in [3.05, 3.63) is 47.8 Å². The molecular formula is C16H13FN2O3. The number of halogens is 1. The third-order valence-corrected chi connectivity index (χ3v) is 3.80. The number of nitrogens with one attached hydrogen (secondary N) is 1. The Kier molecular flexibility index (Phi) is 2.89. The van der Waals surface area contributed by atoms with E-state index < -0.39 is 0 Å². The molecule has 2 aliphatic heterocycles. The van der Waals surface area contributed by atoms with Crippen LogP contribution in [0.5, 0.6) is 11.5 Å². The molecule has 2 aliphatic rings. The Morgan fingerprint density at radius 1 is 1.18 bits per heavy atom. The van der Waals surface area contributed by atoms with Gasteiger partial charge in [-0.1, -0.05) is 18.2 Å². The Bertz CT molecular complexity index is 763. The average Bonchev–Trinajstić information content (AvgIpc) is 2.97. The molecule has 2 aromatic rings. The molecular weight excluding hydrogens is 287 g/mol. The molecule has 4 rings (SSSR count). The van der Waals surface area contributed by atoms with Crippen molar-refractivity contribution in [1.82, 2.24) is 0 Å². The van der Waals surface area contributed by atoms with Crippen molar-refractivity contribution in [2.75, 3.05) is 23.6 Å². The molecule has 112 valence electrons. The normalized spacial score (nSPS) is 15.5. The average molecular weight is 300 g/mol. The van der Waals surface area contributed by atoms with E-state index in [1.165, 1.54) is 6.07 Å². The van der Waals surface area contributed by atoms with Crippen molar-refractivity contribution < 1.29 is 18.7 Å². The van der Waals surface area contributed by atoms with E-state index in [0.717, 1.165) is 5.69 Å². The van der Waals surface area contributed by atoms with Gasteiger partial charge in [-0.3, -0.25) is 4.79 Å². The molecule has 6 heteroatoms. The van der Waals surface area contributed by atoms with Crippen LogP contribution >= 0.6 is 0 Å². The van der Waals surface area contributed by atoms with Crippen LogP contribution in [0.1, 0.15) is 5.56 Å². The molecule has 0 saturated heterocycles. The summed E-state index contributed by atoms with van der Waals surface area (Å²) in [6.45, 7) is 0.514. The number of amides is 1. The highest BCUT2D eigenvalue weighted by molar-refractivity contribution is 6.03. The third-order valence-electron chi connectivity index (χ3n) is 3.80. The highest BCUT2D eigenvalue weighted by Crippen LogP contribution is 2.42. The third kappa shape index (κ3) is 2.04. The molecule has 0 spiro atoms. The van der Waals surface area contributed by atoms with Gasteiger partial charge >= 0.3 is 0 Å². The molecule has 22 heavy (non-hydrogen) atoms. The lowest BCUT2D eigenvalue weighted by Gasteiger charge is -2.30. The lowest BCUT2D eigenvalue weighted by atomic mass is 10.1. The molecule has 0 aliphatic carbocycles. The highest BCUT2D eigenvalue weighted by Gasteiger charge is 2.28. The topological polar surface area (TPSA) is 50.8 Å². The SMILES string of the molecule is O=C1CNc2cc3c(cc2N1Cc1ccccc1F)OCO3. The fourth-order valence-electron chi connectivity index (χ4n) is 2.67. The Morgan fingerprint density at radius 3 is 2.77 bits per heavy atom. The van der Waals surface area contributed by atoms with Crippen molar-refractivity contribution >= 4 is 17.3 Å². The maximum Gasteiger partial charge on any atom is 0.246 e. The van der Waals surface area contributed by atoms with Gasteiger partial charge in [0.25, 0.3) is 0 Å². The first-order valence-electron chi connectivity index (χ1n) is 6.93. The molecule has 0 aromatic heterocycles. The molecule has 0 radical (unpaired) electrons. The number of hydrogen-bond acceptors (Lipinski definition) is 4. The number of carbonyl (C=O) groups is 1. The Hall–Kier alpha value is -2.76. The lowest BCUT2D eigenvalue weighted by molar-refractivity contribution is -0.117. The number of nitrogens with zero attached hydrogens (tertiary/aromatic N) is 1. The van der Waals surface area contributed by atoms with E-state index in [9.17, 15) is 9.18 Å². The Balaban J connectivity index is 1.74. The van der Waals surface area contributed by atoms with E-state index in [-0.39, 0.29) is 31.6 Å². The van der Waals surface area contributed by atoms with E-state index in [1.807, 2.05) is 0 Å². The molecule has 1 amide bonds. The van der Waals surface area contributed by atoms with Gasteiger partial charge in [-0.05, 0) is 6.07 Å². The van der Waals surface area contributed by atoms with Gasteiger partial charge in [0.2, 0.25) is 12.7 Å². The number of carbonyl (C=O) groups excluding carboxylic acids is 1. The fourth-order valence-corrected chi connectivity index (χ4v) is 2.67. The van der Waals surface area contributed by atoms with E-state index >= 15 is 0 Å². The summed E-state index contributed by atoms with van der Waals surface area (Å²) < 4.78 is 24.6. The Morgan fingerprint density at radius 2 is 1.95 bits per heavy atom. The summed E-state index contributed by atoms with van der Waals surface area (Å²) >= 11 is 0. The molecule has 2 heterocycles. The minimum absolute atomic E-state index is 0.116. The van der Waals surface area contributed by atoms with Crippen LogP contribution in [-0.2, 0) is 11.3 Å². The maximum absolute atomic E-state index is 13.9. The predicted octanol–water partition coefficient (Wildman–Crippen LogP) is 2.51. The van der Waals surface area contributed by atoms with Crippen LogP contribution in [-0.4, -0.2) is 19.2 Å². The van der Waals surface area contributed by atoms with E-state index in [2.05, 4.69) is 5.32 Å².